The van der Waals surface area contributed by atoms with Crippen LogP contribution < -0.4 is 5.69 Å². The Hall–Kier alpha value is -1.04. The van der Waals surface area contributed by atoms with Crippen molar-refractivity contribution in [2.24, 2.45) is 0 Å². The van der Waals surface area contributed by atoms with E-state index in [1.165, 1.54) is 4.57 Å². The van der Waals surface area contributed by atoms with E-state index in [1.807, 2.05) is 0 Å². The van der Waals surface area contributed by atoms with Gasteiger partial charge in [-0.1, -0.05) is 23.2 Å². The summed E-state index contributed by atoms with van der Waals surface area (Å²) in [6, 6.07) is 1.60. The van der Waals surface area contributed by atoms with Crippen molar-refractivity contribution in [3.63, 3.8) is 0 Å². The van der Waals surface area contributed by atoms with Crippen molar-refractivity contribution in [3.05, 3.63) is 26.7 Å². The van der Waals surface area contributed by atoms with Crippen LogP contribution in [0.1, 0.15) is 25.5 Å². The molecule has 1 N–H and O–H groups in total. The van der Waals surface area contributed by atoms with E-state index in [9.17, 15) is 4.79 Å². The summed E-state index contributed by atoms with van der Waals surface area (Å²) in [5.74, 6) is 0. The van der Waals surface area contributed by atoms with Crippen LogP contribution in [0.15, 0.2) is 10.9 Å². The predicted octanol–water partition coefficient (Wildman–Crippen LogP) is 2.73. The third kappa shape index (κ3) is 1.92. The van der Waals surface area contributed by atoms with Gasteiger partial charge in [-0.15, -0.1) is 0 Å². The molecule has 1 saturated heterocycles. The molecule has 2 aromatic rings. The van der Waals surface area contributed by atoms with Crippen LogP contribution in [0.2, 0.25) is 10.2 Å². The van der Waals surface area contributed by atoms with Gasteiger partial charge < -0.3 is 9.72 Å². The van der Waals surface area contributed by atoms with Gasteiger partial charge in [-0.2, -0.15) is 0 Å². The molecule has 2 aromatic heterocycles. The Balaban J connectivity index is 2.18. The zero-order valence-corrected chi connectivity index (χ0v) is 11.0. The second-order valence-corrected chi connectivity index (χ2v) is 5.02. The smallest absolute Gasteiger partial charge is 0.329 e. The lowest BCUT2D eigenvalue weighted by molar-refractivity contribution is -0.0316. The molecule has 1 fully saturated rings. The quantitative estimate of drug-likeness (QED) is 0.821. The summed E-state index contributed by atoms with van der Waals surface area (Å²) >= 11 is 11.8. The maximum atomic E-state index is 12.0. The maximum absolute atomic E-state index is 12.0. The first-order chi connectivity index (χ1) is 8.66. The first kappa shape index (κ1) is 12.0. The fourth-order valence-corrected chi connectivity index (χ4v) is 2.49. The van der Waals surface area contributed by atoms with Gasteiger partial charge in [0.2, 0.25) is 0 Å². The Morgan fingerprint density at radius 2 is 2.28 bits per heavy atom. The molecule has 1 unspecified atom stereocenters. The highest BCUT2D eigenvalue weighted by Crippen LogP contribution is 2.27. The lowest BCUT2D eigenvalue weighted by atomic mass is 10.2. The number of fused-ring (bicyclic) bond motifs is 1. The fourth-order valence-electron chi connectivity index (χ4n) is 2.20. The number of hydrogen-bond donors (Lipinski definition) is 1. The van der Waals surface area contributed by atoms with Crippen LogP contribution in [-0.2, 0) is 4.74 Å². The number of imidazole rings is 1. The number of aromatic nitrogens is 3. The molecule has 96 valence electrons. The second-order valence-electron chi connectivity index (χ2n) is 4.25. The van der Waals surface area contributed by atoms with Crippen LogP contribution in [0.3, 0.4) is 0 Å². The van der Waals surface area contributed by atoms with Crippen LogP contribution in [0, 0.1) is 0 Å². The maximum Gasteiger partial charge on any atom is 0.329 e. The van der Waals surface area contributed by atoms with Crippen LogP contribution in [0.4, 0.5) is 0 Å². The largest absolute Gasteiger partial charge is 0.358 e. The molecule has 1 aliphatic heterocycles. The second kappa shape index (κ2) is 4.57. The van der Waals surface area contributed by atoms with Gasteiger partial charge >= 0.3 is 5.69 Å². The first-order valence-corrected chi connectivity index (χ1v) is 6.50. The standard InChI is InChI=1S/C11H11Cl2N3O2/c12-6-5-7-10(15-9(6)13)16(11(17)14-7)8-3-1-2-4-18-8/h5,8H,1-4H2,(H,14,17). The summed E-state index contributed by atoms with van der Waals surface area (Å²) in [6.45, 7) is 0.658. The molecule has 1 atom stereocenters. The van der Waals surface area contributed by atoms with Crippen molar-refractivity contribution < 1.29 is 4.74 Å². The molecule has 0 amide bonds. The van der Waals surface area contributed by atoms with E-state index < -0.39 is 0 Å². The van der Waals surface area contributed by atoms with Crippen molar-refractivity contribution in [1.29, 1.82) is 0 Å². The van der Waals surface area contributed by atoms with Gasteiger partial charge in [0.15, 0.2) is 5.65 Å². The number of nitrogens with zero attached hydrogens (tertiary/aromatic N) is 2. The number of nitrogens with one attached hydrogen (secondary N) is 1. The van der Waals surface area contributed by atoms with Gasteiger partial charge in [0.1, 0.15) is 11.4 Å². The molecule has 0 aliphatic carbocycles. The molecule has 0 radical (unpaired) electrons. The summed E-state index contributed by atoms with van der Waals surface area (Å²) in [7, 11) is 0. The van der Waals surface area contributed by atoms with Crippen LogP contribution >= 0.6 is 23.2 Å². The van der Waals surface area contributed by atoms with Crippen molar-refractivity contribution in [2.75, 3.05) is 6.61 Å². The molecule has 5 nitrogen and oxygen atoms in total. The Morgan fingerprint density at radius 1 is 1.44 bits per heavy atom. The molecular formula is C11H11Cl2N3O2. The summed E-state index contributed by atoms with van der Waals surface area (Å²) in [5, 5.41) is 0.509. The van der Waals surface area contributed by atoms with Crippen molar-refractivity contribution >= 4 is 34.4 Å². The van der Waals surface area contributed by atoms with Gasteiger partial charge in [-0.3, -0.25) is 0 Å². The van der Waals surface area contributed by atoms with Gasteiger partial charge in [0.05, 0.1) is 10.5 Å². The highest BCUT2D eigenvalue weighted by molar-refractivity contribution is 6.41. The molecule has 3 rings (SSSR count). The average molecular weight is 288 g/mol. The van der Waals surface area contributed by atoms with Gasteiger partial charge in [-0.05, 0) is 25.3 Å². The Labute approximate surface area is 113 Å². The fraction of sp³-hybridized carbons (Fsp3) is 0.455. The summed E-state index contributed by atoms with van der Waals surface area (Å²) in [6.07, 6.45) is 2.58. The number of ether oxygens (including phenoxy) is 1. The minimum atomic E-state index is -0.273. The minimum Gasteiger partial charge on any atom is -0.358 e. The van der Waals surface area contributed by atoms with E-state index in [2.05, 4.69) is 9.97 Å². The molecule has 0 spiro atoms. The first-order valence-electron chi connectivity index (χ1n) is 5.74. The van der Waals surface area contributed by atoms with Crippen LogP contribution in [-0.4, -0.2) is 21.1 Å². The zero-order valence-electron chi connectivity index (χ0n) is 9.45. The summed E-state index contributed by atoms with van der Waals surface area (Å²) in [4.78, 5) is 18.8. The molecule has 0 bridgehead atoms. The Kier molecular flexibility index (Phi) is 3.05. The number of rotatable bonds is 1. The van der Waals surface area contributed by atoms with E-state index >= 15 is 0 Å². The molecule has 7 heteroatoms. The van der Waals surface area contributed by atoms with Gasteiger partial charge in [0.25, 0.3) is 0 Å². The van der Waals surface area contributed by atoms with Gasteiger partial charge in [0, 0.05) is 6.61 Å². The molecule has 0 saturated carbocycles. The Morgan fingerprint density at radius 3 is 3.00 bits per heavy atom. The summed E-state index contributed by atoms with van der Waals surface area (Å²) in [5.41, 5.74) is 0.813. The van der Waals surface area contributed by atoms with E-state index in [0.717, 1.165) is 19.3 Å². The SMILES string of the molecule is O=c1[nH]c2cc(Cl)c(Cl)nc2n1C1CCCCO1. The highest BCUT2D eigenvalue weighted by atomic mass is 35.5. The molecule has 18 heavy (non-hydrogen) atoms. The lowest BCUT2D eigenvalue weighted by Crippen LogP contribution is -2.27. The highest BCUT2D eigenvalue weighted by Gasteiger charge is 2.21. The minimum absolute atomic E-state index is 0.188. The van der Waals surface area contributed by atoms with Crippen molar-refractivity contribution in [1.82, 2.24) is 14.5 Å². The predicted molar refractivity (Wildman–Crippen MR) is 69.2 cm³/mol. The number of aromatic amines is 1. The third-order valence-corrected chi connectivity index (χ3v) is 3.72. The van der Waals surface area contributed by atoms with Gasteiger partial charge in [-0.25, -0.2) is 14.3 Å². The number of hydrogen-bond acceptors (Lipinski definition) is 3. The molecule has 0 aromatic carbocycles. The lowest BCUT2D eigenvalue weighted by Gasteiger charge is -2.23. The van der Waals surface area contributed by atoms with Crippen LogP contribution in [0.25, 0.3) is 11.2 Å². The Bertz CT molecular complexity index is 644. The number of H-pyrrole nitrogens is 1. The topological polar surface area (TPSA) is 59.9 Å². The number of pyridine rings is 1. The third-order valence-electron chi connectivity index (χ3n) is 3.05. The summed E-state index contributed by atoms with van der Waals surface area (Å²) < 4.78 is 7.12. The van der Waals surface area contributed by atoms with E-state index in [1.54, 1.807) is 6.07 Å². The van der Waals surface area contributed by atoms with Crippen molar-refractivity contribution in [2.45, 2.75) is 25.5 Å². The number of halogens is 2. The van der Waals surface area contributed by atoms with E-state index in [4.69, 9.17) is 27.9 Å². The van der Waals surface area contributed by atoms with Crippen molar-refractivity contribution in [3.8, 4) is 0 Å². The average Bonchev–Trinajstić information content (AvgIpc) is 2.66. The molecule has 3 heterocycles. The van der Waals surface area contributed by atoms with E-state index in [-0.39, 0.29) is 17.1 Å². The van der Waals surface area contributed by atoms with Crippen LogP contribution in [0.5, 0.6) is 0 Å². The molecule has 1 aliphatic rings. The van der Waals surface area contributed by atoms with E-state index in [0.29, 0.717) is 22.8 Å². The normalized spacial score (nSPS) is 20.4. The monoisotopic (exact) mass is 287 g/mol. The zero-order chi connectivity index (χ0) is 12.7. The molecular weight excluding hydrogens is 277 g/mol.